The minimum atomic E-state index is 0.571. The molecule has 8 aromatic carbocycles. The van der Waals surface area contributed by atoms with Crippen LogP contribution in [0.25, 0.3) is 111 Å². The van der Waals surface area contributed by atoms with Crippen molar-refractivity contribution in [1.82, 2.24) is 29.1 Å². The van der Waals surface area contributed by atoms with Crippen LogP contribution in [-0.2, 0) is 0 Å². The van der Waals surface area contributed by atoms with Gasteiger partial charge in [-0.15, -0.1) is 0 Å². The maximum absolute atomic E-state index is 4.98. The van der Waals surface area contributed by atoms with Crippen molar-refractivity contribution in [1.29, 1.82) is 0 Å². The molecule has 6 nitrogen and oxygen atoms in total. The third-order valence-corrected chi connectivity index (χ3v) is 11.8. The molecule has 0 aliphatic rings. The van der Waals surface area contributed by atoms with E-state index in [9.17, 15) is 0 Å². The quantitative estimate of drug-likeness (QED) is 0.161. The molecule has 62 heavy (non-hydrogen) atoms. The number of rotatable bonds is 7. The summed E-state index contributed by atoms with van der Waals surface area (Å²) in [6.07, 6.45) is 3.75. The molecule has 0 aliphatic heterocycles. The van der Waals surface area contributed by atoms with E-state index in [0.29, 0.717) is 17.5 Å². The van der Waals surface area contributed by atoms with Crippen LogP contribution >= 0.6 is 0 Å². The Balaban J connectivity index is 0.978. The predicted octanol–water partition coefficient (Wildman–Crippen LogP) is 13.8. The maximum Gasteiger partial charge on any atom is 0.165 e. The Kier molecular flexibility index (Phi) is 8.38. The highest BCUT2D eigenvalue weighted by Crippen LogP contribution is 2.38. The van der Waals surface area contributed by atoms with Gasteiger partial charge in [0.1, 0.15) is 0 Å². The topological polar surface area (TPSA) is 61.4 Å². The molecule has 0 amide bonds. The Labute approximate surface area is 357 Å². The van der Waals surface area contributed by atoms with Crippen LogP contribution in [0.3, 0.4) is 0 Å². The Morgan fingerprint density at radius 1 is 0.258 bits per heavy atom. The van der Waals surface area contributed by atoms with Crippen molar-refractivity contribution >= 4 is 43.6 Å². The highest BCUT2D eigenvalue weighted by molar-refractivity contribution is 6.11. The van der Waals surface area contributed by atoms with Crippen molar-refractivity contribution in [2.24, 2.45) is 0 Å². The molecule has 12 rings (SSSR count). The van der Waals surface area contributed by atoms with Gasteiger partial charge in [0.15, 0.2) is 17.5 Å². The van der Waals surface area contributed by atoms with Crippen molar-refractivity contribution in [3.05, 3.63) is 219 Å². The van der Waals surface area contributed by atoms with Crippen LogP contribution < -0.4 is 0 Å². The molecular weight excluding hydrogens is 757 g/mol. The van der Waals surface area contributed by atoms with E-state index in [1.165, 1.54) is 32.6 Å². The average molecular weight is 793 g/mol. The van der Waals surface area contributed by atoms with Gasteiger partial charge in [0.05, 0.1) is 22.1 Å². The first-order chi connectivity index (χ1) is 30.7. The van der Waals surface area contributed by atoms with E-state index in [4.69, 9.17) is 19.9 Å². The second kappa shape index (κ2) is 14.7. The molecule has 0 fully saturated rings. The number of hydrogen-bond acceptors (Lipinski definition) is 4. The fourth-order valence-corrected chi connectivity index (χ4v) is 8.92. The van der Waals surface area contributed by atoms with Crippen molar-refractivity contribution in [2.45, 2.75) is 0 Å². The second-order valence-corrected chi connectivity index (χ2v) is 15.6. The molecule has 6 heteroatoms. The van der Waals surface area contributed by atoms with Crippen LogP contribution in [0.2, 0.25) is 0 Å². The molecule has 0 N–H and O–H groups in total. The van der Waals surface area contributed by atoms with Crippen LogP contribution in [0.15, 0.2) is 219 Å². The van der Waals surface area contributed by atoms with Crippen LogP contribution in [0.5, 0.6) is 0 Å². The smallest absolute Gasteiger partial charge is 0.165 e. The third kappa shape index (κ3) is 6.04. The molecule has 12 aromatic rings. The number of para-hydroxylation sites is 3. The first kappa shape index (κ1) is 35.5. The van der Waals surface area contributed by atoms with Crippen LogP contribution in [-0.4, -0.2) is 29.1 Å². The Morgan fingerprint density at radius 2 is 0.677 bits per heavy atom. The molecule has 0 aliphatic carbocycles. The second-order valence-electron chi connectivity index (χ2n) is 15.6. The van der Waals surface area contributed by atoms with E-state index < -0.39 is 0 Å². The number of hydrogen-bond donors (Lipinski definition) is 0. The molecule has 4 heterocycles. The molecule has 0 unspecified atom stereocenters. The minimum absolute atomic E-state index is 0.571. The van der Waals surface area contributed by atoms with E-state index in [2.05, 4.69) is 155 Å². The zero-order chi connectivity index (χ0) is 41.0. The number of pyridine rings is 1. The predicted molar refractivity (Wildman–Crippen MR) is 253 cm³/mol. The summed E-state index contributed by atoms with van der Waals surface area (Å²) >= 11 is 0. The summed E-state index contributed by atoms with van der Waals surface area (Å²) in [6.45, 7) is 0. The summed E-state index contributed by atoms with van der Waals surface area (Å²) in [7, 11) is 0. The molecular formula is C56H36N6. The fraction of sp³-hybridized carbons (Fsp3) is 0. The highest BCUT2D eigenvalue weighted by atomic mass is 15.0. The van der Waals surface area contributed by atoms with E-state index >= 15 is 0 Å². The number of nitrogens with zero attached hydrogens (tertiary/aromatic N) is 6. The first-order valence-corrected chi connectivity index (χ1v) is 20.8. The van der Waals surface area contributed by atoms with Crippen molar-refractivity contribution < 1.29 is 0 Å². The SMILES string of the molecule is c1ccc(-c2nc(-c3ccccc3)nc(-c3cncc(-c4ccc5c6ccccc6n(-c6cccc(-c7ccc8c9ccccc9n(-c9ccccc9)c8c7)c6)c5c4)c3)n2)cc1. The van der Waals surface area contributed by atoms with Gasteiger partial charge < -0.3 is 9.13 Å². The van der Waals surface area contributed by atoms with Gasteiger partial charge >= 0.3 is 0 Å². The zero-order valence-electron chi connectivity index (χ0n) is 33.5. The number of fused-ring (bicyclic) bond motifs is 6. The maximum atomic E-state index is 4.98. The van der Waals surface area contributed by atoms with Gasteiger partial charge in [-0.25, -0.2) is 15.0 Å². The van der Waals surface area contributed by atoms with Gasteiger partial charge in [-0.3, -0.25) is 4.98 Å². The minimum Gasteiger partial charge on any atom is -0.309 e. The summed E-state index contributed by atoms with van der Waals surface area (Å²) in [4.78, 5) is 19.6. The lowest BCUT2D eigenvalue weighted by molar-refractivity contribution is 1.07. The molecule has 0 bridgehead atoms. The number of aromatic nitrogens is 6. The van der Waals surface area contributed by atoms with Gasteiger partial charge in [-0.1, -0.05) is 152 Å². The Bertz CT molecular complexity index is 3570. The standard InChI is InChI=1S/C56H36N6/c1-4-15-37(16-5-1)54-58-55(38-17-6-2-7-18-38)60-56(59-54)43-31-42(35-57-36-43)41-28-30-49-47-24-11-13-26-51(47)62(53(49)34-41)45-22-14-19-39(32-45)40-27-29-48-46-23-10-12-25-50(46)61(52(48)33-40)44-20-8-3-9-21-44/h1-36H. The zero-order valence-corrected chi connectivity index (χ0v) is 33.5. The van der Waals surface area contributed by atoms with Gasteiger partial charge in [0.25, 0.3) is 0 Å². The molecule has 4 aromatic heterocycles. The largest absolute Gasteiger partial charge is 0.309 e. The van der Waals surface area contributed by atoms with Gasteiger partial charge in [-0.05, 0) is 71.3 Å². The van der Waals surface area contributed by atoms with Crippen LogP contribution in [0.1, 0.15) is 0 Å². The van der Waals surface area contributed by atoms with Crippen molar-refractivity contribution in [3.8, 4) is 67.8 Å². The summed E-state index contributed by atoms with van der Waals surface area (Å²) in [5, 5.41) is 4.87. The van der Waals surface area contributed by atoms with Crippen LogP contribution in [0, 0.1) is 0 Å². The lowest BCUT2D eigenvalue weighted by Crippen LogP contribution is -2.00. The molecule has 0 spiro atoms. The summed E-state index contributed by atoms with van der Waals surface area (Å²) in [5.41, 5.74) is 13.9. The summed E-state index contributed by atoms with van der Waals surface area (Å²) in [6, 6.07) is 72.7. The van der Waals surface area contributed by atoms with Crippen molar-refractivity contribution in [2.75, 3.05) is 0 Å². The van der Waals surface area contributed by atoms with Crippen LogP contribution in [0.4, 0.5) is 0 Å². The third-order valence-electron chi connectivity index (χ3n) is 11.8. The van der Waals surface area contributed by atoms with Crippen molar-refractivity contribution in [3.63, 3.8) is 0 Å². The fourth-order valence-electron chi connectivity index (χ4n) is 8.92. The molecule has 0 radical (unpaired) electrons. The highest BCUT2D eigenvalue weighted by Gasteiger charge is 2.18. The van der Waals surface area contributed by atoms with E-state index in [-0.39, 0.29) is 0 Å². The average Bonchev–Trinajstić information content (AvgIpc) is 3.87. The summed E-state index contributed by atoms with van der Waals surface area (Å²) < 4.78 is 4.76. The Morgan fingerprint density at radius 3 is 1.27 bits per heavy atom. The molecule has 0 atom stereocenters. The van der Waals surface area contributed by atoms with E-state index in [1.54, 1.807) is 0 Å². The lowest BCUT2D eigenvalue weighted by atomic mass is 10.0. The lowest BCUT2D eigenvalue weighted by Gasteiger charge is -2.12. The van der Waals surface area contributed by atoms with E-state index in [1.807, 2.05) is 73.1 Å². The van der Waals surface area contributed by atoms with Gasteiger partial charge in [0, 0.05) is 67.6 Å². The molecule has 290 valence electrons. The first-order valence-electron chi connectivity index (χ1n) is 20.8. The van der Waals surface area contributed by atoms with E-state index in [0.717, 1.165) is 61.4 Å². The normalized spacial score (nSPS) is 11.5. The molecule has 0 saturated carbocycles. The Hall–Kier alpha value is -8.48. The summed E-state index contributed by atoms with van der Waals surface area (Å²) in [5.74, 6) is 1.81. The van der Waals surface area contributed by atoms with Gasteiger partial charge in [-0.2, -0.15) is 0 Å². The number of benzene rings is 8. The molecule has 0 saturated heterocycles. The monoisotopic (exact) mass is 792 g/mol. The van der Waals surface area contributed by atoms with Gasteiger partial charge in [0.2, 0.25) is 0 Å².